The van der Waals surface area contributed by atoms with Gasteiger partial charge in [0.2, 0.25) is 0 Å². The van der Waals surface area contributed by atoms with Gasteiger partial charge in [-0.25, -0.2) is 0 Å². The summed E-state index contributed by atoms with van der Waals surface area (Å²) >= 11 is 1.76. The monoisotopic (exact) mass is 198 g/mol. The van der Waals surface area contributed by atoms with E-state index in [-0.39, 0.29) is 0 Å². The molecule has 0 amide bonds. The highest BCUT2D eigenvalue weighted by molar-refractivity contribution is 7.07. The molecular formula is C10H18N2S. The maximum absolute atomic E-state index is 5.44. The van der Waals surface area contributed by atoms with Crippen molar-refractivity contribution in [3.63, 3.8) is 0 Å². The summed E-state index contributed by atoms with van der Waals surface area (Å²) in [7, 11) is 0. The van der Waals surface area contributed by atoms with E-state index in [9.17, 15) is 0 Å². The number of nitrogens with two attached hydrogens (primary N) is 1. The summed E-state index contributed by atoms with van der Waals surface area (Å²) in [6.45, 7) is 3.85. The van der Waals surface area contributed by atoms with E-state index in [1.807, 2.05) is 0 Å². The predicted octanol–water partition coefficient (Wildman–Crippen LogP) is 1.62. The molecular weight excluding hydrogens is 180 g/mol. The third-order valence-corrected chi connectivity index (χ3v) is 2.86. The normalized spacial score (nSPS) is 13.1. The van der Waals surface area contributed by atoms with Crippen LogP contribution in [-0.4, -0.2) is 19.1 Å². The lowest BCUT2D eigenvalue weighted by Gasteiger charge is -2.15. The Kier molecular flexibility index (Phi) is 5.05. The lowest BCUT2D eigenvalue weighted by molar-refractivity contribution is 0.502. The van der Waals surface area contributed by atoms with E-state index in [1.165, 1.54) is 5.56 Å². The Morgan fingerprint density at radius 1 is 1.62 bits per heavy atom. The number of thiophene rings is 1. The van der Waals surface area contributed by atoms with Gasteiger partial charge in [-0.3, -0.25) is 0 Å². The molecule has 1 rings (SSSR count). The first-order valence-electron chi connectivity index (χ1n) is 4.81. The fourth-order valence-electron chi connectivity index (χ4n) is 1.34. The second-order valence-corrected chi connectivity index (χ2v) is 3.96. The predicted molar refractivity (Wildman–Crippen MR) is 59.2 cm³/mol. The minimum Gasteiger partial charge on any atom is -0.329 e. The minimum atomic E-state index is 0.582. The van der Waals surface area contributed by atoms with Crippen molar-refractivity contribution in [2.75, 3.05) is 13.1 Å². The van der Waals surface area contributed by atoms with Crippen molar-refractivity contribution in [3.8, 4) is 0 Å². The van der Waals surface area contributed by atoms with Crippen LogP contribution in [0.15, 0.2) is 16.8 Å². The number of hydrogen-bond donors (Lipinski definition) is 2. The Morgan fingerprint density at radius 2 is 2.46 bits per heavy atom. The maximum Gasteiger partial charge on any atom is 0.0106 e. The quantitative estimate of drug-likeness (QED) is 0.729. The Labute approximate surface area is 84.2 Å². The summed E-state index contributed by atoms with van der Waals surface area (Å²) in [6, 6.07) is 2.77. The van der Waals surface area contributed by atoms with Gasteiger partial charge in [0.25, 0.3) is 0 Å². The molecule has 74 valence electrons. The van der Waals surface area contributed by atoms with Crippen molar-refractivity contribution in [3.05, 3.63) is 22.4 Å². The summed E-state index contributed by atoms with van der Waals surface area (Å²) in [6.07, 6.45) is 2.29. The van der Waals surface area contributed by atoms with Crippen molar-refractivity contribution < 1.29 is 0 Å². The van der Waals surface area contributed by atoms with Gasteiger partial charge in [0.1, 0.15) is 0 Å². The summed E-state index contributed by atoms with van der Waals surface area (Å²) in [4.78, 5) is 0. The molecule has 3 N–H and O–H groups in total. The fraction of sp³-hybridized carbons (Fsp3) is 0.600. The molecule has 0 saturated carbocycles. The molecule has 0 aromatic carbocycles. The highest BCUT2D eigenvalue weighted by atomic mass is 32.1. The minimum absolute atomic E-state index is 0.582. The molecule has 0 aliphatic rings. The van der Waals surface area contributed by atoms with Crippen molar-refractivity contribution in [2.24, 2.45) is 5.73 Å². The average molecular weight is 198 g/mol. The zero-order chi connectivity index (χ0) is 9.52. The van der Waals surface area contributed by atoms with Crippen LogP contribution in [0.25, 0.3) is 0 Å². The van der Waals surface area contributed by atoms with E-state index >= 15 is 0 Å². The van der Waals surface area contributed by atoms with Gasteiger partial charge < -0.3 is 11.1 Å². The molecule has 13 heavy (non-hydrogen) atoms. The molecule has 0 bridgehead atoms. The van der Waals surface area contributed by atoms with E-state index in [4.69, 9.17) is 5.73 Å². The van der Waals surface area contributed by atoms with Gasteiger partial charge in [-0.2, -0.15) is 11.3 Å². The van der Waals surface area contributed by atoms with Crippen LogP contribution in [0, 0.1) is 0 Å². The average Bonchev–Trinajstić information content (AvgIpc) is 2.64. The van der Waals surface area contributed by atoms with Crippen molar-refractivity contribution >= 4 is 11.3 Å². The molecule has 0 aliphatic heterocycles. The lowest BCUT2D eigenvalue weighted by Crippen LogP contribution is -2.34. The fourth-order valence-corrected chi connectivity index (χ4v) is 2.02. The smallest absolute Gasteiger partial charge is 0.0106 e. The number of rotatable bonds is 6. The molecule has 0 radical (unpaired) electrons. The summed E-state index contributed by atoms with van der Waals surface area (Å²) < 4.78 is 0. The first-order chi connectivity index (χ1) is 6.36. The third kappa shape index (κ3) is 3.89. The summed E-state index contributed by atoms with van der Waals surface area (Å²) in [5.74, 6) is 0. The molecule has 1 atom stereocenters. The van der Waals surface area contributed by atoms with Gasteiger partial charge in [0.05, 0.1) is 0 Å². The number of hydrogen-bond acceptors (Lipinski definition) is 3. The summed E-state index contributed by atoms with van der Waals surface area (Å²) in [5.41, 5.74) is 6.88. The molecule has 0 saturated heterocycles. The second-order valence-electron chi connectivity index (χ2n) is 3.18. The Bertz CT molecular complexity index is 209. The Morgan fingerprint density at radius 3 is 3.00 bits per heavy atom. The van der Waals surface area contributed by atoms with Crippen LogP contribution in [-0.2, 0) is 6.42 Å². The molecule has 1 heterocycles. The van der Waals surface area contributed by atoms with E-state index in [1.54, 1.807) is 11.3 Å². The van der Waals surface area contributed by atoms with Crippen LogP contribution in [0.4, 0.5) is 0 Å². The molecule has 1 aromatic heterocycles. The van der Waals surface area contributed by atoms with E-state index in [0.717, 1.165) is 25.9 Å². The topological polar surface area (TPSA) is 38.0 Å². The van der Waals surface area contributed by atoms with E-state index < -0.39 is 0 Å². The van der Waals surface area contributed by atoms with Crippen molar-refractivity contribution in [2.45, 2.75) is 25.8 Å². The summed E-state index contributed by atoms with van der Waals surface area (Å²) in [5, 5.41) is 7.78. The largest absolute Gasteiger partial charge is 0.329 e. The Hall–Kier alpha value is -0.380. The van der Waals surface area contributed by atoms with Crippen molar-refractivity contribution in [1.29, 1.82) is 0 Å². The molecule has 0 spiro atoms. The van der Waals surface area contributed by atoms with Gasteiger partial charge in [-0.15, -0.1) is 0 Å². The standard InChI is InChI=1S/C10H18N2S/c1-2-10(12-5-4-11)7-9-3-6-13-8-9/h3,6,8,10,12H,2,4-5,7,11H2,1H3. The molecule has 2 nitrogen and oxygen atoms in total. The van der Waals surface area contributed by atoms with Crippen LogP contribution in [0.3, 0.4) is 0 Å². The van der Waals surface area contributed by atoms with Gasteiger partial charge >= 0.3 is 0 Å². The van der Waals surface area contributed by atoms with Gasteiger partial charge in [-0.1, -0.05) is 6.92 Å². The number of nitrogens with one attached hydrogen (secondary N) is 1. The molecule has 0 fully saturated rings. The third-order valence-electron chi connectivity index (χ3n) is 2.13. The molecule has 1 unspecified atom stereocenters. The van der Waals surface area contributed by atoms with Gasteiger partial charge in [0, 0.05) is 19.1 Å². The van der Waals surface area contributed by atoms with Gasteiger partial charge in [0.15, 0.2) is 0 Å². The molecule has 3 heteroatoms. The first kappa shape index (κ1) is 10.7. The maximum atomic E-state index is 5.44. The molecule has 1 aromatic rings. The van der Waals surface area contributed by atoms with Crippen LogP contribution >= 0.6 is 11.3 Å². The van der Waals surface area contributed by atoms with Crippen LogP contribution in [0.2, 0.25) is 0 Å². The zero-order valence-electron chi connectivity index (χ0n) is 8.12. The van der Waals surface area contributed by atoms with Crippen molar-refractivity contribution in [1.82, 2.24) is 5.32 Å². The van der Waals surface area contributed by atoms with Crippen LogP contribution < -0.4 is 11.1 Å². The van der Waals surface area contributed by atoms with E-state index in [0.29, 0.717) is 6.04 Å². The molecule has 0 aliphatic carbocycles. The zero-order valence-corrected chi connectivity index (χ0v) is 8.94. The van der Waals surface area contributed by atoms with Crippen LogP contribution in [0.5, 0.6) is 0 Å². The highest BCUT2D eigenvalue weighted by Gasteiger charge is 2.05. The van der Waals surface area contributed by atoms with E-state index in [2.05, 4.69) is 29.1 Å². The van der Waals surface area contributed by atoms with Gasteiger partial charge in [-0.05, 0) is 35.2 Å². The SMILES string of the molecule is CCC(Cc1ccsc1)NCCN. The lowest BCUT2D eigenvalue weighted by atomic mass is 10.1. The highest BCUT2D eigenvalue weighted by Crippen LogP contribution is 2.09. The Balaban J connectivity index is 2.31. The van der Waals surface area contributed by atoms with Crippen LogP contribution in [0.1, 0.15) is 18.9 Å². The second kappa shape index (κ2) is 6.13. The first-order valence-corrected chi connectivity index (χ1v) is 5.75.